The van der Waals surface area contributed by atoms with E-state index in [2.05, 4.69) is 36.5 Å². The molecule has 0 unspecified atom stereocenters. The van der Waals surface area contributed by atoms with Gasteiger partial charge in [-0.05, 0) is 43.0 Å². The third-order valence-corrected chi connectivity index (χ3v) is 3.55. The largest absolute Gasteiger partial charge is 0.507 e. The van der Waals surface area contributed by atoms with Gasteiger partial charge in [0.2, 0.25) is 0 Å². The SMILES string of the molecule is CCc1ccc(CNc2ccc(C)c(O)c2C)cc1. The quantitative estimate of drug-likeness (QED) is 0.858. The third-order valence-electron chi connectivity index (χ3n) is 3.55. The monoisotopic (exact) mass is 255 g/mol. The Bertz CT molecular complexity index is 558. The minimum Gasteiger partial charge on any atom is -0.507 e. The predicted molar refractivity (Wildman–Crippen MR) is 80.7 cm³/mol. The summed E-state index contributed by atoms with van der Waals surface area (Å²) in [7, 11) is 0. The van der Waals surface area contributed by atoms with E-state index < -0.39 is 0 Å². The summed E-state index contributed by atoms with van der Waals surface area (Å²) in [6.07, 6.45) is 1.07. The fourth-order valence-electron chi connectivity index (χ4n) is 2.12. The van der Waals surface area contributed by atoms with Crippen LogP contribution in [0, 0.1) is 13.8 Å². The van der Waals surface area contributed by atoms with Crippen molar-refractivity contribution in [3.8, 4) is 5.75 Å². The van der Waals surface area contributed by atoms with Crippen LogP contribution >= 0.6 is 0 Å². The summed E-state index contributed by atoms with van der Waals surface area (Å²) < 4.78 is 0. The normalized spacial score (nSPS) is 10.5. The number of phenols is 1. The first-order valence-electron chi connectivity index (χ1n) is 6.72. The molecule has 0 aliphatic heterocycles. The van der Waals surface area contributed by atoms with Gasteiger partial charge in [0.1, 0.15) is 5.75 Å². The topological polar surface area (TPSA) is 32.3 Å². The number of rotatable bonds is 4. The number of hydrogen-bond donors (Lipinski definition) is 2. The van der Waals surface area contributed by atoms with Crippen LogP contribution in [0.25, 0.3) is 0 Å². The molecule has 2 N–H and O–H groups in total. The lowest BCUT2D eigenvalue weighted by atomic mass is 10.1. The zero-order valence-corrected chi connectivity index (χ0v) is 11.8. The van der Waals surface area contributed by atoms with Crippen molar-refractivity contribution in [2.45, 2.75) is 33.7 Å². The average molecular weight is 255 g/mol. The van der Waals surface area contributed by atoms with E-state index in [-0.39, 0.29) is 0 Å². The van der Waals surface area contributed by atoms with E-state index in [1.165, 1.54) is 11.1 Å². The van der Waals surface area contributed by atoms with Gasteiger partial charge in [0.05, 0.1) is 0 Å². The van der Waals surface area contributed by atoms with Gasteiger partial charge in [-0.3, -0.25) is 0 Å². The molecular weight excluding hydrogens is 234 g/mol. The molecule has 2 rings (SSSR count). The minimum absolute atomic E-state index is 0.381. The van der Waals surface area contributed by atoms with E-state index >= 15 is 0 Å². The van der Waals surface area contributed by atoms with Crippen molar-refractivity contribution in [1.82, 2.24) is 0 Å². The molecule has 0 fully saturated rings. The molecule has 0 heterocycles. The summed E-state index contributed by atoms with van der Waals surface area (Å²) in [5.41, 5.74) is 5.41. The molecular formula is C17H21NO. The van der Waals surface area contributed by atoms with Crippen molar-refractivity contribution in [2.24, 2.45) is 0 Å². The molecule has 0 radical (unpaired) electrons. The summed E-state index contributed by atoms with van der Waals surface area (Å²) in [5, 5.41) is 13.3. The Balaban J connectivity index is 2.08. The van der Waals surface area contributed by atoms with E-state index in [9.17, 15) is 5.11 Å². The molecule has 0 bridgehead atoms. The fourth-order valence-corrected chi connectivity index (χ4v) is 2.12. The molecule has 19 heavy (non-hydrogen) atoms. The number of aryl methyl sites for hydroxylation is 2. The lowest BCUT2D eigenvalue weighted by Gasteiger charge is -2.12. The highest BCUT2D eigenvalue weighted by atomic mass is 16.3. The molecule has 0 aromatic heterocycles. The summed E-state index contributed by atoms with van der Waals surface area (Å²) >= 11 is 0. The Morgan fingerprint density at radius 1 is 0.947 bits per heavy atom. The fraction of sp³-hybridized carbons (Fsp3) is 0.294. The molecule has 2 heteroatoms. The van der Waals surface area contributed by atoms with Gasteiger partial charge < -0.3 is 10.4 Å². The van der Waals surface area contributed by atoms with E-state index in [1.54, 1.807) is 0 Å². The van der Waals surface area contributed by atoms with Crippen molar-refractivity contribution >= 4 is 5.69 Å². The van der Waals surface area contributed by atoms with E-state index in [0.29, 0.717) is 5.75 Å². The van der Waals surface area contributed by atoms with Crippen molar-refractivity contribution in [3.05, 3.63) is 58.7 Å². The maximum Gasteiger partial charge on any atom is 0.123 e. The van der Waals surface area contributed by atoms with Gasteiger partial charge >= 0.3 is 0 Å². The molecule has 100 valence electrons. The standard InChI is InChI=1S/C17H21NO/c1-4-14-6-8-15(9-7-14)11-18-16-10-5-12(2)17(19)13(16)3/h5-10,18-19H,4,11H2,1-3H3. The van der Waals surface area contributed by atoms with Crippen LogP contribution < -0.4 is 5.32 Å². The molecule has 2 aromatic rings. The Morgan fingerprint density at radius 3 is 2.21 bits per heavy atom. The van der Waals surface area contributed by atoms with Gasteiger partial charge in [0.15, 0.2) is 0 Å². The van der Waals surface area contributed by atoms with Gasteiger partial charge in [-0.1, -0.05) is 37.3 Å². The van der Waals surface area contributed by atoms with Crippen LogP contribution in [-0.4, -0.2) is 5.11 Å². The summed E-state index contributed by atoms with van der Waals surface area (Å²) in [6, 6.07) is 12.6. The van der Waals surface area contributed by atoms with Crippen LogP contribution in [-0.2, 0) is 13.0 Å². The number of benzene rings is 2. The lowest BCUT2D eigenvalue weighted by Crippen LogP contribution is -2.01. The highest BCUT2D eigenvalue weighted by Crippen LogP contribution is 2.28. The number of aromatic hydroxyl groups is 1. The molecule has 0 atom stereocenters. The Labute approximate surface area is 115 Å². The van der Waals surface area contributed by atoms with E-state index in [4.69, 9.17) is 0 Å². The maximum absolute atomic E-state index is 9.91. The molecule has 0 aliphatic rings. The molecule has 0 amide bonds. The maximum atomic E-state index is 9.91. The van der Waals surface area contributed by atoms with Crippen LogP contribution in [0.2, 0.25) is 0 Å². The smallest absolute Gasteiger partial charge is 0.123 e. The number of hydrogen-bond acceptors (Lipinski definition) is 2. The first-order valence-corrected chi connectivity index (χ1v) is 6.72. The zero-order chi connectivity index (χ0) is 13.8. The van der Waals surface area contributed by atoms with Crippen molar-refractivity contribution in [1.29, 1.82) is 0 Å². The number of nitrogens with one attached hydrogen (secondary N) is 1. The summed E-state index contributed by atoms with van der Waals surface area (Å²) in [6.45, 7) is 6.78. The van der Waals surface area contributed by atoms with Gasteiger partial charge in [0, 0.05) is 17.8 Å². The van der Waals surface area contributed by atoms with Gasteiger partial charge in [-0.2, -0.15) is 0 Å². The van der Waals surface area contributed by atoms with Crippen molar-refractivity contribution in [3.63, 3.8) is 0 Å². The van der Waals surface area contributed by atoms with Crippen molar-refractivity contribution < 1.29 is 5.11 Å². The molecule has 0 spiro atoms. The second-order valence-electron chi connectivity index (χ2n) is 4.93. The molecule has 0 saturated carbocycles. The van der Waals surface area contributed by atoms with Gasteiger partial charge in [0.25, 0.3) is 0 Å². The highest BCUT2D eigenvalue weighted by molar-refractivity contribution is 5.59. The summed E-state index contributed by atoms with van der Waals surface area (Å²) in [5.74, 6) is 0.381. The Morgan fingerprint density at radius 2 is 1.58 bits per heavy atom. The average Bonchev–Trinajstić information content (AvgIpc) is 2.45. The first-order chi connectivity index (χ1) is 9.11. The number of anilines is 1. The third kappa shape index (κ3) is 3.08. The van der Waals surface area contributed by atoms with Gasteiger partial charge in [-0.15, -0.1) is 0 Å². The predicted octanol–water partition coefficient (Wildman–Crippen LogP) is 4.18. The van der Waals surface area contributed by atoms with Crippen LogP contribution in [0.1, 0.15) is 29.2 Å². The minimum atomic E-state index is 0.381. The molecule has 2 nitrogen and oxygen atoms in total. The molecule has 0 saturated heterocycles. The summed E-state index contributed by atoms with van der Waals surface area (Å²) in [4.78, 5) is 0. The van der Waals surface area contributed by atoms with Crippen molar-refractivity contribution in [2.75, 3.05) is 5.32 Å². The van der Waals surface area contributed by atoms with E-state index in [1.807, 2.05) is 26.0 Å². The number of phenolic OH excluding ortho intramolecular Hbond substituents is 1. The van der Waals surface area contributed by atoms with Crippen LogP contribution in [0.4, 0.5) is 5.69 Å². The van der Waals surface area contributed by atoms with Crippen LogP contribution in [0.15, 0.2) is 36.4 Å². The highest BCUT2D eigenvalue weighted by Gasteiger charge is 2.05. The Kier molecular flexibility index (Phi) is 4.10. The molecule has 2 aromatic carbocycles. The van der Waals surface area contributed by atoms with E-state index in [0.717, 1.165) is 29.8 Å². The van der Waals surface area contributed by atoms with Gasteiger partial charge in [-0.25, -0.2) is 0 Å². The molecule has 0 aliphatic carbocycles. The Hall–Kier alpha value is -1.96. The second kappa shape index (κ2) is 5.79. The first kappa shape index (κ1) is 13.5. The van der Waals surface area contributed by atoms with Crippen LogP contribution in [0.5, 0.6) is 5.75 Å². The van der Waals surface area contributed by atoms with Crippen LogP contribution in [0.3, 0.4) is 0 Å². The lowest BCUT2D eigenvalue weighted by molar-refractivity contribution is 0.467. The zero-order valence-electron chi connectivity index (χ0n) is 11.8. The second-order valence-corrected chi connectivity index (χ2v) is 4.93.